The average molecular weight is 383 g/mol. The average Bonchev–Trinajstić information content (AvgIpc) is 2.91. The van der Waals surface area contributed by atoms with Crippen molar-refractivity contribution in [2.45, 2.75) is 71.3 Å². The molecule has 4 aliphatic carbocycles. The van der Waals surface area contributed by atoms with E-state index in [1.54, 1.807) is 0 Å². The fourth-order valence-electron chi connectivity index (χ4n) is 7.10. The third kappa shape index (κ3) is 2.88. The summed E-state index contributed by atoms with van der Waals surface area (Å²) in [6, 6.07) is 0. The van der Waals surface area contributed by atoms with Gasteiger partial charge in [-0.25, -0.2) is 4.79 Å². The van der Waals surface area contributed by atoms with E-state index < -0.39 is 11.6 Å². The molecule has 152 valence electrons. The highest BCUT2D eigenvalue weighted by Gasteiger charge is 2.59. The van der Waals surface area contributed by atoms with Gasteiger partial charge in [0.15, 0.2) is 0 Å². The van der Waals surface area contributed by atoms with E-state index in [0.717, 1.165) is 38.5 Å². The summed E-state index contributed by atoms with van der Waals surface area (Å²) < 4.78 is 4.69. The topological polar surface area (TPSA) is 46.5 Å². The van der Waals surface area contributed by atoms with Gasteiger partial charge in [0, 0.05) is 11.8 Å². The molecule has 4 rings (SSSR count). The first-order valence-electron chi connectivity index (χ1n) is 10.8. The van der Waals surface area contributed by atoms with Gasteiger partial charge in [-0.1, -0.05) is 43.6 Å². The number of ether oxygens (including phenoxy) is 1. The predicted molar refractivity (Wildman–Crippen MR) is 110 cm³/mol. The Kier molecular flexibility index (Phi) is 4.58. The van der Waals surface area contributed by atoms with E-state index in [1.807, 2.05) is 6.92 Å². The molecule has 0 aromatic carbocycles. The summed E-state index contributed by atoms with van der Waals surface area (Å²) in [5, 5.41) is 10.6. The minimum Gasteiger partial charge on any atom is -0.459 e. The van der Waals surface area contributed by atoms with Crippen LogP contribution in [-0.4, -0.2) is 23.8 Å². The van der Waals surface area contributed by atoms with E-state index in [1.165, 1.54) is 24.7 Å². The van der Waals surface area contributed by atoms with Crippen molar-refractivity contribution in [3.8, 4) is 11.8 Å². The molecule has 0 radical (unpaired) electrons. The summed E-state index contributed by atoms with van der Waals surface area (Å²) in [5.41, 5.74) is 2.52. The molecule has 0 heterocycles. The molecule has 1 N–H and O–H groups in total. The Balaban J connectivity index is 1.63. The summed E-state index contributed by atoms with van der Waals surface area (Å²) in [6.45, 7) is 11.3. The van der Waals surface area contributed by atoms with Crippen LogP contribution in [-0.2, 0) is 9.53 Å². The third-order valence-electron chi connectivity index (χ3n) is 8.95. The van der Waals surface area contributed by atoms with E-state index in [0.29, 0.717) is 17.8 Å². The Morgan fingerprint density at radius 2 is 1.96 bits per heavy atom. The largest absolute Gasteiger partial charge is 0.459 e. The van der Waals surface area contributed by atoms with Crippen molar-refractivity contribution >= 4 is 5.97 Å². The van der Waals surface area contributed by atoms with E-state index in [9.17, 15) is 9.90 Å². The zero-order chi connectivity index (χ0) is 20.3. The zero-order valence-electron chi connectivity index (χ0n) is 17.8. The predicted octanol–water partition coefficient (Wildman–Crippen LogP) is 4.66. The number of allylic oxidation sites excluding steroid dienone is 2. The lowest BCUT2D eigenvalue weighted by atomic mass is 9.47. The molecule has 0 amide bonds. The second-order valence-corrected chi connectivity index (χ2v) is 10.5. The first-order chi connectivity index (χ1) is 13.1. The fraction of sp³-hybridized carbons (Fsp3) is 0.720. The molecule has 1 unspecified atom stereocenters. The van der Waals surface area contributed by atoms with E-state index in [2.05, 4.69) is 38.3 Å². The van der Waals surface area contributed by atoms with Crippen LogP contribution < -0.4 is 0 Å². The normalized spacial score (nSPS) is 47.0. The number of aliphatic hydroxyl groups is 1. The smallest absolute Gasteiger partial charge is 0.384 e. The Bertz CT molecular complexity index is 794. The summed E-state index contributed by atoms with van der Waals surface area (Å²) in [4.78, 5) is 11.5. The first-order valence-corrected chi connectivity index (χ1v) is 10.8. The number of carbonyl (C=O) groups is 1. The van der Waals surface area contributed by atoms with Crippen molar-refractivity contribution in [3.63, 3.8) is 0 Å². The van der Waals surface area contributed by atoms with Crippen LogP contribution in [0.1, 0.15) is 65.7 Å². The molecule has 4 aliphatic rings. The van der Waals surface area contributed by atoms with Crippen molar-refractivity contribution in [2.75, 3.05) is 7.11 Å². The number of hydrogen-bond acceptors (Lipinski definition) is 3. The SMILES string of the molecule is C=C1C(C#CC(=O)OC)C[C@H]2[C@@H]3CC=C4C[C@@](C)(O)CC[C@]4(C)[C@H]3CC[C@]12C. The number of carbonyl (C=O) groups excluding carboxylic acids is 1. The van der Waals surface area contributed by atoms with Crippen molar-refractivity contribution in [3.05, 3.63) is 23.8 Å². The van der Waals surface area contributed by atoms with E-state index >= 15 is 0 Å². The van der Waals surface area contributed by atoms with Gasteiger partial charge < -0.3 is 9.84 Å². The fourth-order valence-corrected chi connectivity index (χ4v) is 7.10. The molecule has 0 saturated heterocycles. The number of methoxy groups -OCH3 is 1. The molecular weight excluding hydrogens is 348 g/mol. The number of esters is 1. The summed E-state index contributed by atoms with van der Waals surface area (Å²) in [7, 11) is 1.38. The van der Waals surface area contributed by atoms with Crippen LogP contribution in [0.2, 0.25) is 0 Å². The molecule has 3 saturated carbocycles. The van der Waals surface area contributed by atoms with Crippen molar-refractivity contribution in [2.24, 2.45) is 34.5 Å². The first kappa shape index (κ1) is 19.8. The summed E-state index contributed by atoms with van der Waals surface area (Å²) in [6.07, 6.45) is 9.77. The van der Waals surface area contributed by atoms with Gasteiger partial charge in [0.2, 0.25) is 0 Å². The van der Waals surface area contributed by atoms with E-state index in [4.69, 9.17) is 4.74 Å². The summed E-state index contributed by atoms with van der Waals surface area (Å²) >= 11 is 0. The zero-order valence-corrected chi connectivity index (χ0v) is 17.8. The molecule has 3 nitrogen and oxygen atoms in total. The number of fused-ring (bicyclic) bond motifs is 5. The lowest BCUT2D eigenvalue weighted by Gasteiger charge is -2.58. The number of rotatable bonds is 0. The van der Waals surface area contributed by atoms with Gasteiger partial charge in [-0.05, 0) is 80.5 Å². The van der Waals surface area contributed by atoms with Crippen LogP contribution in [0.3, 0.4) is 0 Å². The van der Waals surface area contributed by atoms with Gasteiger partial charge in [0.05, 0.1) is 12.7 Å². The van der Waals surface area contributed by atoms with Crippen LogP contribution in [0, 0.1) is 46.3 Å². The van der Waals surface area contributed by atoms with Crippen LogP contribution in [0.5, 0.6) is 0 Å². The lowest BCUT2D eigenvalue weighted by molar-refractivity contribution is -0.133. The lowest BCUT2D eigenvalue weighted by Crippen LogP contribution is -2.51. The van der Waals surface area contributed by atoms with Gasteiger partial charge in [0.25, 0.3) is 0 Å². The Labute approximate surface area is 169 Å². The second kappa shape index (κ2) is 6.49. The van der Waals surface area contributed by atoms with Crippen LogP contribution in [0.25, 0.3) is 0 Å². The van der Waals surface area contributed by atoms with Crippen molar-refractivity contribution in [1.82, 2.24) is 0 Å². The minimum atomic E-state index is -0.544. The maximum atomic E-state index is 11.5. The van der Waals surface area contributed by atoms with Crippen LogP contribution in [0.15, 0.2) is 23.8 Å². The van der Waals surface area contributed by atoms with Crippen molar-refractivity contribution in [1.29, 1.82) is 0 Å². The highest BCUT2D eigenvalue weighted by Crippen LogP contribution is 2.67. The summed E-state index contributed by atoms with van der Waals surface area (Å²) in [5.74, 6) is 7.36. The van der Waals surface area contributed by atoms with Crippen LogP contribution in [0.4, 0.5) is 0 Å². The quantitative estimate of drug-likeness (QED) is 0.287. The van der Waals surface area contributed by atoms with E-state index in [-0.39, 0.29) is 16.7 Å². The minimum absolute atomic E-state index is 0.0955. The monoisotopic (exact) mass is 382 g/mol. The van der Waals surface area contributed by atoms with Gasteiger partial charge >= 0.3 is 5.97 Å². The van der Waals surface area contributed by atoms with Gasteiger partial charge in [-0.15, -0.1) is 0 Å². The molecule has 0 aromatic heterocycles. The molecule has 3 heteroatoms. The third-order valence-corrected chi connectivity index (χ3v) is 8.95. The molecule has 28 heavy (non-hydrogen) atoms. The molecule has 0 spiro atoms. The maximum absolute atomic E-state index is 11.5. The Morgan fingerprint density at radius 1 is 1.21 bits per heavy atom. The van der Waals surface area contributed by atoms with Gasteiger partial charge in [-0.2, -0.15) is 0 Å². The molecule has 7 atom stereocenters. The molecule has 3 fully saturated rings. The second-order valence-electron chi connectivity index (χ2n) is 10.5. The Morgan fingerprint density at radius 3 is 2.68 bits per heavy atom. The molecule has 0 aliphatic heterocycles. The van der Waals surface area contributed by atoms with Gasteiger partial charge in [0.1, 0.15) is 0 Å². The maximum Gasteiger partial charge on any atom is 0.384 e. The Hall–Kier alpha value is -1.53. The van der Waals surface area contributed by atoms with Crippen molar-refractivity contribution < 1.29 is 14.6 Å². The molecule has 0 aromatic rings. The highest BCUT2D eigenvalue weighted by molar-refractivity contribution is 5.88. The number of hydrogen-bond donors (Lipinski definition) is 1. The van der Waals surface area contributed by atoms with Crippen LogP contribution >= 0.6 is 0 Å². The molecular formula is C25H34O3. The highest BCUT2D eigenvalue weighted by atomic mass is 16.5. The molecule has 0 bridgehead atoms. The van der Waals surface area contributed by atoms with Gasteiger partial charge in [-0.3, -0.25) is 0 Å². The standard InChI is InChI=1S/C25H34O3/c1-16-17(6-9-22(26)28-5)14-21-19-8-7-18-15-23(2,27)12-13-25(18,4)20(19)10-11-24(16,21)3/h7,17,19-21,27H,1,8,10-15H2,2-5H3/t17?,19-,20+,21+,23+,24-,25+/m1/s1.